The molecule has 1 N–H and O–H groups in total. The maximum absolute atomic E-state index is 12.3. The van der Waals surface area contributed by atoms with Gasteiger partial charge < -0.3 is 9.52 Å². The number of carboxylic acid groups (broad SMARTS) is 1. The molecule has 1 aliphatic rings. The molecule has 0 amide bonds. The summed E-state index contributed by atoms with van der Waals surface area (Å²) in [6.45, 7) is 6.72. The highest BCUT2D eigenvalue weighted by Gasteiger charge is 2.33. The van der Waals surface area contributed by atoms with Crippen LogP contribution in [0.3, 0.4) is 0 Å². The first kappa shape index (κ1) is 14.8. The van der Waals surface area contributed by atoms with Crippen LogP contribution in [0, 0.1) is 17.3 Å². The number of rotatable bonds is 3. The minimum Gasteiger partial charge on any atom is -0.475 e. The highest BCUT2D eigenvalue weighted by Crippen LogP contribution is 2.40. The molecule has 4 nitrogen and oxygen atoms in total. The van der Waals surface area contributed by atoms with Gasteiger partial charge in [0.2, 0.25) is 11.5 Å². The van der Waals surface area contributed by atoms with Crippen molar-refractivity contribution in [2.45, 2.75) is 46.5 Å². The van der Waals surface area contributed by atoms with Crippen molar-refractivity contribution in [3.05, 3.63) is 23.7 Å². The van der Waals surface area contributed by atoms with Crippen molar-refractivity contribution in [2.75, 3.05) is 0 Å². The van der Waals surface area contributed by atoms with Gasteiger partial charge in [-0.25, -0.2) is 4.79 Å². The third kappa shape index (κ3) is 3.11. The summed E-state index contributed by atoms with van der Waals surface area (Å²) < 4.78 is 5.11. The van der Waals surface area contributed by atoms with Crippen molar-refractivity contribution in [3.63, 3.8) is 0 Å². The minimum atomic E-state index is -1.14. The van der Waals surface area contributed by atoms with E-state index in [-0.39, 0.29) is 28.6 Å². The van der Waals surface area contributed by atoms with Crippen LogP contribution >= 0.6 is 0 Å². The fraction of sp³-hybridized carbons (Fsp3) is 0.625. The third-order valence-electron chi connectivity index (χ3n) is 4.38. The molecular formula is C16H22O4. The van der Waals surface area contributed by atoms with E-state index in [0.29, 0.717) is 5.92 Å². The first-order valence-electron chi connectivity index (χ1n) is 7.16. The molecule has 1 heterocycles. The van der Waals surface area contributed by atoms with Gasteiger partial charge in [0, 0.05) is 5.92 Å². The number of ketones is 1. The summed E-state index contributed by atoms with van der Waals surface area (Å²) in [7, 11) is 0. The first-order valence-corrected chi connectivity index (χ1v) is 7.16. The standard InChI is InChI=1S/C16H22O4/c1-16(2,3)11-6-4-10(5-7-11)14(17)12-8-9-13(20-12)15(18)19/h8-11H,4-7H2,1-3H3,(H,18,19). The van der Waals surface area contributed by atoms with E-state index in [4.69, 9.17) is 9.52 Å². The molecule has 2 rings (SSSR count). The summed E-state index contributed by atoms with van der Waals surface area (Å²) in [4.78, 5) is 23.1. The van der Waals surface area contributed by atoms with Crippen LogP contribution in [0.15, 0.2) is 16.5 Å². The van der Waals surface area contributed by atoms with Crippen LogP contribution in [-0.4, -0.2) is 16.9 Å². The average molecular weight is 278 g/mol. The largest absolute Gasteiger partial charge is 0.475 e. The summed E-state index contributed by atoms with van der Waals surface area (Å²) in [5.41, 5.74) is 0.287. The van der Waals surface area contributed by atoms with E-state index in [2.05, 4.69) is 20.8 Å². The third-order valence-corrected chi connectivity index (χ3v) is 4.38. The van der Waals surface area contributed by atoms with Crippen LogP contribution < -0.4 is 0 Å². The molecule has 0 aliphatic heterocycles. The molecule has 1 aromatic heterocycles. The molecule has 0 unspecified atom stereocenters. The fourth-order valence-corrected chi connectivity index (χ4v) is 3.01. The summed E-state index contributed by atoms with van der Waals surface area (Å²) in [5, 5.41) is 8.81. The molecule has 0 spiro atoms. The van der Waals surface area contributed by atoms with Crippen molar-refractivity contribution >= 4 is 11.8 Å². The quantitative estimate of drug-likeness (QED) is 0.848. The number of Topliss-reactive ketones (excluding diaryl/α,β-unsaturated/α-hetero) is 1. The van der Waals surface area contributed by atoms with Gasteiger partial charge >= 0.3 is 5.97 Å². The molecule has 0 aromatic carbocycles. The van der Waals surface area contributed by atoms with E-state index in [0.717, 1.165) is 25.7 Å². The zero-order valence-corrected chi connectivity index (χ0v) is 12.3. The molecule has 0 bridgehead atoms. The van der Waals surface area contributed by atoms with Gasteiger partial charge in [-0.15, -0.1) is 0 Å². The Morgan fingerprint density at radius 3 is 2.10 bits per heavy atom. The van der Waals surface area contributed by atoms with Crippen LogP contribution in [0.4, 0.5) is 0 Å². The van der Waals surface area contributed by atoms with Crippen molar-refractivity contribution in [1.82, 2.24) is 0 Å². The molecule has 1 saturated carbocycles. The molecule has 4 heteroatoms. The van der Waals surface area contributed by atoms with Crippen LogP contribution in [0.25, 0.3) is 0 Å². The lowest BCUT2D eigenvalue weighted by Gasteiger charge is -2.36. The van der Waals surface area contributed by atoms with Gasteiger partial charge in [-0.1, -0.05) is 20.8 Å². The Hall–Kier alpha value is -1.58. The Kier molecular flexibility index (Phi) is 4.02. The second kappa shape index (κ2) is 5.43. The molecule has 1 aromatic rings. The van der Waals surface area contributed by atoms with Gasteiger partial charge in [0.15, 0.2) is 5.76 Å². The van der Waals surface area contributed by atoms with E-state index >= 15 is 0 Å². The normalized spacial score (nSPS) is 23.6. The lowest BCUT2D eigenvalue weighted by Crippen LogP contribution is -2.28. The van der Waals surface area contributed by atoms with Crippen molar-refractivity contribution in [2.24, 2.45) is 17.3 Å². The molecule has 1 aliphatic carbocycles. The van der Waals surface area contributed by atoms with E-state index in [1.54, 1.807) is 0 Å². The van der Waals surface area contributed by atoms with Gasteiger partial charge in [0.25, 0.3) is 0 Å². The second-order valence-corrected chi connectivity index (χ2v) is 6.75. The first-order chi connectivity index (χ1) is 9.29. The monoisotopic (exact) mass is 278 g/mol. The van der Waals surface area contributed by atoms with E-state index in [9.17, 15) is 9.59 Å². The van der Waals surface area contributed by atoms with Crippen LogP contribution in [0.2, 0.25) is 0 Å². The predicted molar refractivity (Wildman–Crippen MR) is 74.9 cm³/mol. The highest BCUT2D eigenvalue weighted by atomic mass is 16.4. The maximum Gasteiger partial charge on any atom is 0.371 e. The molecule has 1 fully saturated rings. The number of hydrogen-bond acceptors (Lipinski definition) is 3. The smallest absolute Gasteiger partial charge is 0.371 e. The molecule has 0 atom stereocenters. The van der Waals surface area contributed by atoms with Gasteiger partial charge in [-0.2, -0.15) is 0 Å². The SMILES string of the molecule is CC(C)(C)C1CCC(C(=O)c2ccc(C(=O)O)o2)CC1. The highest BCUT2D eigenvalue weighted by molar-refractivity contribution is 5.96. The lowest BCUT2D eigenvalue weighted by atomic mass is 9.69. The van der Waals surface area contributed by atoms with Gasteiger partial charge in [0.05, 0.1) is 0 Å². The summed E-state index contributed by atoms with van der Waals surface area (Å²) in [6, 6.07) is 2.82. The fourth-order valence-electron chi connectivity index (χ4n) is 3.01. The number of aromatic carboxylic acids is 1. The number of carboxylic acids is 1. The molecule has 110 valence electrons. The van der Waals surface area contributed by atoms with E-state index < -0.39 is 5.97 Å². The topological polar surface area (TPSA) is 67.5 Å². The summed E-state index contributed by atoms with van der Waals surface area (Å²) in [5.74, 6) is -0.553. The number of carbonyl (C=O) groups is 2. The number of carbonyl (C=O) groups excluding carboxylic acids is 1. The van der Waals surface area contributed by atoms with Crippen molar-refractivity contribution < 1.29 is 19.1 Å². The zero-order chi connectivity index (χ0) is 14.9. The van der Waals surface area contributed by atoms with Crippen LogP contribution in [0.1, 0.15) is 67.6 Å². The Bertz CT molecular complexity index is 499. The zero-order valence-electron chi connectivity index (χ0n) is 12.3. The van der Waals surface area contributed by atoms with Crippen LogP contribution in [-0.2, 0) is 0 Å². The minimum absolute atomic E-state index is 0.0265. The maximum atomic E-state index is 12.3. The van der Waals surface area contributed by atoms with Gasteiger partial charge in [-0.3, -0.25) is 4.79 Å². The molecule has 0 saturated heterocycles. The van der Waals surface area contributed by atoms with Gasteiger partial charge in [-0.05, 0) is 49.1 Å². The molecular weight excluding hydrogens is 256 g/mol. The number of hydrogen-bond donors (Lipinski definition) is 1. The lowest BCUT2D eigenvalue weighted by molar-refractivity contribution is 0.0656. The van der Waals surface area contributed by atoms with Crippen molar-refractivity contribution in [3.8, 4) is 0 Å². The van der Waals surface area contributed by atoms with E-state index in [1.165, 1.54) is 12.1 Å². The summed E-state index contributed by atoms with van der Waals surface area (Å²) in [6.07, 6.45) is 3.83. The Labute approximate surface area is 119 Å². The summed E-state index contributed by atoms with van der Waals surface area (Å²) >= 11 is 0. The average Bonchev–Trinajstić information content (AvgIpc) is 2.86. The van der Waals surface area contributed by atoms with Crippen molar-refractivity contribution in [1.29, 1.82) is 0 Å². The Balaban J connectivity index is 1.99. The Morgan fingerprint density at radius 2 is 1.65 bits per heavy atom. The molecule has 20 heavy (non-hydrogen) atoms. The second-order valence-electron chi connectivity index (χ2n) is 6.75. The van der Waals surface area contributed by atoms with Gasteiger partial charge in [0.1, 0.15) is 0 Å². The Morgan fingerprint density at radius 1 is 1.10 bits per heavy atom. The van der Waals surface area contributed by atoms with E-state index in [1.807, 2.05) is 0 Å². The predicted octanol–water partition coefficient (Wildman–Crippen LogP) is 4.01. The van der Waals surface area contributed by atoms with Crippen LogP contribution in [0.5, 0.6) is 0 Å². The molecule has 0 radical (unpaired) electrons. The number of furan rings is 1.